The Labute approximate surface area is 243 Å². The van der Waals surface area contributed by atoms with Crippen molar-refractivity contribution in [1.29, 1.82) is 5.41 Å². The maximum absolute atomic E-state index is 13.5. The number of amides is 3. The van der Waals surface area contributed by atoms with Gasteiger partial charge in [-0.25, -0.2) is 14.7 Å². The van der Waals surface area contributed by atoms with Crippen LogP contribution in [0.25, 0.3) is 11.3 Å². The molecule has 3 amide bonds. The molecule has 3 aromatic rings. The number of rotatable bonds is 12. The highest BCUT2D eigenvalue weighted by Crippen LogP contribution is 2.24. The lowest BCUT2D eigenvalue weighted by molar-refractivity contribution is -0.121. The largest absolute Gasteiger partial charge is 0.464 e. The molecular formula is C29H36N8O5. The molecule has 0 aliphatic rings. The van der Waals surface area contributed by atoms with E-state index in [2.05, 4.69) is 20.9 Å². The van der Waals surface area contributed by atoms with Crippen molar-refractivity contribution in [1.82, 2.24) is 20.2 Å². The van der Waals surface area contributed by atoms with E-state index < -0.39 is 17.6 Å². The van der Waals surface area contributed by atoms with Crippen LogP contribution in [0.4, 0.5) is 22.0 Å². The molecule has 42 heavy (non-hydrogen) atoms. The van der Waals surface area contributed by atoms with E-state index in [1.54, 1.807) is 30.3 Å². The second-order valence-corrected chi connectivity index (χ2v) is 10.0. The molecule has 0 saturated carbocycles. The van der Waals surface area contributed by atoms with E-state index in [4.69, 9.17) is 16.2 Å². The van der Waals surface area contributed by atoms with Crippen molar-refractivity contribution >= 4 is 41.4 Å². The predicted octanol–water partition coefficient (Wildman–Crippen LogP) is 3.25. The summed E-state index contributed by atoms with van der Waals surface area (Å²) in [6.07, 6.45) is 1.60. The van der Waals surface area contributed by atoms with Crippen LogP contribution >= 0.6 is 0 Å². The Kier molecular flexibility index (Phi) is 10.4. The Morgan fingerprint density at radius 3 is 2.43 bits per heavy atom. The lowest BCUT2D eigenvalue weighted by Crippen LogP contribution is -2.35. The minimum Gasteiger partial charge on any atom is -0.464 e. The highest BCUT2D eigenvalue weighted by molar-refractivity contribution is 6.03. The van der Waals surface area contributed by atoms with Gasteiger partial charge in [-0.05, 0) is 63.1 Å². The number of hydrogen-bond donors (Lipinski definition) is 6. The zero-order valence-corrected chi connectivity index (χ0v) is 24.0. The highest BCUT2D eigenvalue weighted by Gasteiger charge is 2.18. The van der Waals surface area contributed by atoms with Crippen LogP contribution in [0.2, 0.25) is 0 Å². The van der Waals surface area contributed by atoms with Gasteiger partial charge in [-0.1, -0.05) is 19.1 Å². The first kappa shape index (κ1) is 31.3. The number of nitrogens with zero attached hydrogens (tertiary/aromatic N) is 3. The monoisotopic (exact) mass is 576 g/mol. The van der Waals surface area contributed by atoms with E-state index >= 15 is 0 Å². The van der Waals surface area contributed by atoms with Crippen LogP contribution < -0.4 is 32.1 Å². The van der Waals surface area contributed by atoms with Crippen LogP contribution in [-0.2, 0) is 17.9 Å². The fourth-order valence-electron chi connectivity index (χ4n) is 4.00. The van der Waals surface area contributed by atoms with Crippen molar-refractivity contribution in [3.8, 4) is 11.3 Å². The third kappa shape index (κ3) is 7.93. The highest BCUT2D eigenvalue weighted by atomic mass is 16.4. The number of carboxylic acid groups (broad SMARTS) is 1. The van der Waals surface area contributed by atoms with Gasteiger partial charge in [0.05, 0.1) is 23.9 Å². The second-order valence-electron chi connectivity index (χ2n) is 10.0. The summed E-state index contributed by atoms with van der Waals surface area (Å²) >= 11 is 0. The number of nitrogens with two attached hydrogens (primary N) is 1. The molecule has 0 aliphatic heterocycles. The Bertz CT molecular complexity index is 1520. The number of benzene rings is 2. The van der Waals surface area contributed by atoms with E-state index in [0.717, 1.165) is 11.3 Å². The number of aromatic nitrogens is 2. The molecule has 0 radical (unpaired) electrons. The standard InChI is InChI=1S/C29H36N8O5/c1-5-18(4)35-27(39)21-10-20(11-22(31)12-21)24-14-33-26(34-17(2)3)28(40)36(24)15-25(38)32-13-19-6-8-23(9-7-19)37(16-30)29(41)42/h6-12,14,16-18,30H,5,13,15,31H2,1-4H3,(H,32,38)(H,33,34)(H,35,39)(H,41,42)/t18-/m1/s1. The first-order chi connectivity index (χ1) is 19.9. The van der Waals surface area contributed by atoms with Gasteiger partial charge in [-0.2, -0.15) is 0 Å². The third-order valence-corrected chi connectivity index (χ3v) is 6.32. The summed E-state index contributed by atoms with van der Waals surface area (Å²) in [7, 11) is 0. The predicted molar refractivity (Wildman–Crippen MR) is 162 cm³/mol. The fourth-order valence-corrected chi connectivity index (χ4v) is 4.00. The molecule has 0 fully saturated rings. The number of nitrogen functional groups attached to an aromatic ring is 1. The Morgan fingerprint density at radius 1 is 1.14 bits per heavy atom. The van der Waals surface area contributed by atoms with E-state index in [0.29, 0.717) is 34.4 Å². The molecule has 3 rings (SSSR count). The topological polar surface area (TPSA) is 196 Å². The van der Waals surface area contributed by atoms with Gasteiger partial charge in [0.15, 0.2) is 5.82 Å². The minimum atomic E-state index is -1.29. The molecule has 0 unspecified atom stereocenters. The molecular weight excluding hydrogens is 540 g/mol. The van der Waals surface area contributed by atoms with Gasteiger partial charge in [-0.3, -0.25) is 24.4 Å². The molecule has 222 valence electrons. The Morgan fingerprint density at radius 2 is 1.83 bits per heavy atom. The summed E-state index contributed by atoms with van der Waals surface area (Å²) in [4.78, 5) is 55.6. The molecule has 1 heterocycles. The van der Waals surface area contributed by atoms with Crippen LogP contribution in [0.3, 0.4) is 0 Å². The summed E-state index contributed by atoms with van der Waals surface area (Å²) in [5.74, 6) is -0.701. The van der Waals surface area contributed by atoms with Crippen LogP contribution in [-0.4, -0.2) is 51.0 Å². The summed E-state index contributed by atoms with van der Waals surface area (Å²) in [6, 6.07) is 10.9. The summed E-state index contributed by atoms with van der Waals surface area (Å²) in [5, 5.41) is 25.1. The SMILES string of the molecule is CC[C@@H](C)NC(=O)c1cc(N)cc(-c2cnc(NC(C)C)c(=O)n2CC(=O)NCc2ccc(N(C=N)C(=O)O)cc2)c1. The minimum absolute atomic E-state index is 0.0457. The normalized spacial score (nSPS) is 11.5. The van der Waals surface area contributed by atoms with Gasteiger partial charge in [0, 0.05) is 35.4 Å². The molecule has 1 aromatic heterocycles. The molecule has 0 spiro atoms. The Hall–Kier alpha value is -5.20. The third-order valence-electron chi connectivity index (χ3n) is 6.32. The average Bonchev–Trinajstić information content (AvgIpc) is 2.94. The number of anilines is 3. The van der Waals surface area contributed by atoms with Crippen LogP contribution in [0.1, 0.15) is 50.0 Å². The van der Waals surface area contributed by atoms with Gasteiger partial charge in [-0.15, -0.1) is 0 Å². The zero-order valence-electron chi connectivity index (χ0n) is 24.0. The van der Waals surface area contributed by atoms with Gasteiger partial charge < -0.3 is 26.8 Å². The van der Waals surface area contributed by atoms with Gasteiger partial charge in [0.25, 0.3) is 11.5 Å². The quantitative estimate of drug-likeness (QED) is 0.107. The lowest BCUT2D eigenvalue weighted by atomic mass is 10.1. The summed E-state index contributed by atoms with van der Waals surface area (Å²) in [6.45, 7) is 7.33. The first-order valence-corrected chi connectivity index (χ1v) is 13.4. The van der Waals surface area contributed by atoms with E-state index in [1.807, 2.05) is 27.7 Å². The molecule has 2 aromatic carbocycles. The zero-order chi connectivity index (χ0) is 31.0. The number of carbonyl (C=O) groups is 3. The van der Waals surface area contributed by atoms with Crippen molar-refractivity contribution in [3.63, 3.8) is 0 Å². The van der Waals surface area contributed by atoms with E-state index in [9.17, 15) is 19.2 Å². The number of nitrogens with one attached hydrogen (secondary N) is 4. The van der Waals surface area contributed by atoms with Crippen LogP contribution in [0.15, 0.2) is 53.5 Å². The number of carbonyl (C=O) groups excluding carboxylic acids is 2. The van der Waals surface area contributed by atoms with Crippen molar-refractivity contribution < 1.29 is 19.5 Å². The number of hydrogen-bond acceptors (Lipinski definition) is 8. The maximum Gasteiger partial charge on any atom is 0.417 e. The Balaban J connectivity index is 1.90. The van der Waals surface area contributed by atoms with Crippen molar-refractivity contribution in [2.24, 2.45) is 0 Å². The van der Waals surface area contributed by atoms with Gasteiger partial charge in [0.1, 0.15) is 6.54 Å². The van der Waals surface area contributed by atoms with Crippen LogP contribution in [0.5, 0.6) is 0 Å². The summed E-state index contributed by atoms with van der Waals surface area (Å²) in [5.41, 5.74) is 7.94. The van der Waals surface area contributed by atoms with E-state index in [1.165, 1.54) is 22.9 Å². The molecule has 0 bridgehead atoms. The molecule has 13 heteroatoms. The van der Waals surface area contributed by atoms with E-state index in [-0.39, 0.29) is 42.6 Å². The van der Waals surface area contributed by atoms with Crippen molar-refractivity contribution in [3.05, 3.63) is 70.1 Å². The van der Waals surface area contributed by atoms with Gasteiger partial charge >= 0.3 is 6.09 Å². The molecule has 0 saturated heterocycles. The summed E-state index contributed by atoms with van der Waals surface area (Å²) < 4.78 is 1.27. The molecule has 7 N–H and O–H groups in total. The molecule has 0 aliphatic carbocycles. The second kappa shape index (κ2) is 13.9. The molecule has 1 atom stereocenters. The van der Waals surface area contributed by atoms with Crippen molar-refractivity contribution in [2.75, 3.05) is 16.0 Å². The lowest BCUT2D eigenvalue weighted by Gasteiger charge is -2.17. The fraction of sp³-hybridized carbons (Fsp3) is 0.310. The van der Waals surface area contributed by atoms with Crippen molar-refractivity contribution in [2.45, 2.75) is 59.3 Å². The first-order valence-electron chi connectivity index (χ1n) is 13.4. The smallest absolute Gasteiger partial charge is 0.417 e. The van der Waals surface area contributed by atoms with Crippen LogP contribution in [0, 0.1) is 5.41 Å². The average molecular weight is 577 g/mol. The maximum atomic E-state index is 13.5. The molecule has 13 nitrogen and oxygen atoms in total. The van der Waals surface area contributed by atoms with Gasteiger partial charge in [0.2, 0.25) is 5.91 Å².